The van der Waals surface area contributed by atoms with E-state index in [2.05, 4.69) is 33.9 Å². The first-order valence-corrected chi connectivity index (χ1v) is 6.13. The van der Waals surface area contributed by atoms with Crippen LogP contribution in [-0.4, -0.2) is 16.5 Å². The van der Waals surface area contributed by atoms with E-state index in [4.69, 9.17) is 5.73 Å². The molecule has 4 nitrogen and oxygen atoms in total. The van der Waals surface area contributed by atoms with Crippen LogP contribution >= 0.6 is 0 Å². The van der Waals surface area contributed by atoms with E-state index in [1.54, 1.807) is 12.5 Å². The van der Waals surface area contributed by atoms with E-state index in [1.807, 2.05) is 18.2 Å². The molecule has 2 rings (SSSR count). The average Bonchev–Trinajstić information content (AvgIpc) is 2.46. The number of anilines is 1. The second kappa shape index (κ2) is 6.12. The molecule has 1 aromatic carbocycles. The molecule has 0 saturated carbocycles. The van der Waals surface area contributed by atoms with Crippen LogP contribution < -0.4 is 10.6 Å². The number of rotatable bonds is 5. The standard InChI is InChI=1S/C14H18N4/c1-2-18(14-7-8-16-11-17-14)10-13-6-4-3-5-12(13)9-15/h3-8,11H,2,9-10,15H2,1H3. The maximum atomic E-state index is 5.76. The van der Waals surface area contributed by atoms with E-state index >= 15 is 0 Å². The summed E-state index contributed by atoms with van der Waals surface area (Å²) in [5, 5.41) is 0. The molecule has 0 aliphatic heterocycles. The SMILES string of the molecule is CCN(Cc1ccccc1CN)c1ccncn1. The first kappa shape index (κ1) is 12.5. The molecule has 4 heteroatoms. The summed E-state index contributed by atoms with van der Waals surface area (Å²) in [7, 11) is 0. The zero-order valence-corrected chi connectivity index (χ0v) is 10.6. The van der Waals surface area contributed by atoms with Gasteiger partial charge in [0.25, 0.3) is 0 Å². The van der Waals surface area contributed by atoms with Crippen molar-refractivity contribution in [3.8, 4) is 0 Å². The molecular weight excluding hydrogens is 224 g/mol. The zero-order valence-electron chi connectivity index (χ0n) is 10.6. The molecule has 0 atom stereocenters. The predicted molar refractivity (Wildman–Crippen MR) is 73.1 cm³/mol. The zero-order chi connectivity index (χ0) is 12.8. The van der Waals surface area contributed by atoms with Gasteiger partial charge in [0.05, 0.1) is 0 Å². The predicted octanol–water partition coefficient (Wildman–Crippen LogP) is 1.96. The summed E-state index contributed by atoms with van der Waals surface area (Å²) in [4.78, 5) is 10.4. The normalized spacial score (nSPS) is 10.3. The minimum Gasteiger partial charge on any atom is -0.352 e. The summed E-state index contributed by atoms with van der Waals surface area (Å²) >= 11 is 0. The largest absolute Gasteiger partial charge is 0.352 e. The summed E-state index contributed by atoms with van der Waals surface area (Å²) < 4.78 is 0. The fraction of sp³-hybridized carbons (Fsp3) is 0.286. The van der Waals surface area contributed by atoms with Crippen molar-refractivity contribution in [1.29, 1.82) is 0 Å². The Labute approximate surface area is 107 Å². The number of hydrogen-bond donors (Lipinski definition) is 1. The van der Waals surface area contributed by atoms with Crippen molar-refractivity contribution >= 4 is 5.82 Å². The van der Waals surface area contributed by atoms with Crippen molar-refractivity contribution in [3.63, 3.8) is 0 Å². The van der Waals surface area contributed by atoms with Gasteiger partial charge in [-0.2, -0.15) is 0 Å². The quantitative estimate of drug-likeness (QED) is 0.870. The number of aromatic nitrogens is 2. The number of nitrogens with two attached hydrogens (primary N) is 1. The molecule has 0 saturated heterocycles. The van der Waals surface area contributed by atoms with Gasteiger partial charge in [0, 0.05) is 25.8 Å². The third kappa shape index (κ3) is 2.84. The van der Waals surface area contributed by atoms with Crippen molar-refractivity contribution < 1.29 is 0 Å². The fourth-order valence-corrected chi connectivity index (χ4v) is 1.94. The summed E-state index contributed by atoms with van der Waals surface area (Å²) in [6.07, 6.45) is 3.34. The van der Waals surface area contributed by atoms with E-state index in [1.165, 1.54) is 11.1 Å². The van der Waals surface area contributed by atoms with Crippen molar-refractivity contribution in [1.82, 2.24) is 9.97 Å². The van der Waals surface area contributed by atoms with E-state index in [9.17, 15) is 0 Å². The second-order valence-corrected chi connectivity index (χ2v) is 4.05. The van der Waals surface area contributed by atoms with Gasteiger partial charge >= 0.3 is 0 Å². The van der Waals surface area contributed by atoms with Gasteiger partial charge in [0.1, 0.15) is 12.1 Å². The number of hydrogen-bond acceptors (Lipinski definition) is 4. The molecule has 0 bridgehead atoms. The number of nitrogens with zero attached hydrogens (tertiary/aromatic N) is 3. The Morgan fingerprint density at radius 1 is 1.17 bits per heavy atom. The van der Waals surface area contributed by atoms with E-state index < -0.39 is 0 Å². The molecule has 0 amide bonds. The van der Waals surface area contributed by atoms with Gasteiger partial charge in [0.2, 0.25) is 0 Å². The monoisotopic (exact) mass is 242 g/mol. The smallest absolute Gasteiger partial charge is 0.132 e. The van der Waals surface area contributed by atoms with Crippen molar-refractivity contribution in [2.45, 2.75) is 20.0 Å². The molecular formula is C14H18N4. The highest BCUT2D eigenvalue weighted by Crippen LogP contribution is 2.15. The molecule has 0 radical (unpaired) electrons. The third-order valence-electron chi connectivity index (χ3n) is 2.97. The highest BCUT2D eigenvalue weighted by Gasteiger charge is 2.08. The topological polar surface area (TPSA) is 55.0 Å². The van der Waals surface area contributed by atoms with Crippen LogP contribution in [0.4, 0.5) is 5.82 Å². The average molecular weight is 242 g/mol. The number of benzene rings is 1. The molecule has 0 fully saturated rings. The van der Waals surface area contributed by atoms with E-state index in [-0.39, 0.29) is 0 Å². The van der Waals surface area contributed by atoms with Crippen molar-refractivity contribution in [2.75, 3.05) is 11.4 Å². The van der Waals surface area contributed by atoms with Gasteiger partial charge in [-0.25, -0.2) is 9.97 Å². The highest BCUT2D eigenvalue weighted by atomic mass is 15.2. The Morgan fingerprint density at radius 2 is 1.94 bits per heavy atom. The Balaban J connectivity index is 2.21. The Kier molecular flexibility index (Phi) is 4.25. The molecule has 94 valence electrons. The van der Waals surface area contributed by atoms with Crippen molar-refractivity contribution in [2.24, 2.45) is 5.73 Å². The molecule has 1 aromatic heterocycles. The van der Waals surface area contributed by atoms with Gasteiger partial charge in [-0.3, -0.25) is 0 Å². The minimum atomic E-state index is 0.567. The van der Waals surface area contributed by atoms with Crippen LogP contribution in [0, 0.1) is 0 Å². The molecule has 2 aromatic rings. The first-order valence-electron chi connectivity index (χ1n) is 6.13. The van der Waals surface area contributed by atoms with Crippen molar-refractivity contribution in [3.05, 3.63) is 54.0 Å². The van der Waals surface area contributed by atoms with Crippen LogP contribution in [0.3, 0.4) is 0 Å². The van der Waals surface area contributed by atoms with Gasteiger partial charge in [-0.1, -0.05) is 24.3 Å². The third-order valence-corrected chi connectivity index (χ3v) is 2.97. The summed E-state index contributed by atoms with van der Waals surface area (Å²) in [5.41, 5.74) is 8.20. The summed E-state index contributed by atoms with van der Waals surface area (Å²) in [6, 6.07) is 10.2. The fourth-order valence-electron chi connectivity index (χ4n) is 1.94. The van der Waals surface area contributed by atoms with E-state index in [0.29, 0.717) is 6.54 Å². The lowest BCUT2D eigenvalue weighted by atomic mass is 10.1. The van der Waals surface area contributed by atoms with Crippen LogP contribution in [0.5, 0.6) is 0 Å². The molecule has 0 aliphatic rings. The molecule has 1 heterocycles. The van der Waals surface area contributed by atoms with Crippen LogP contribution in [0.15, 0.2) is 42.9 Å². The molecule has 0 spiro atoms. The Morgan fingerprint density at radius 3 is 2.56 bits per heavy atom. The van der Waals surface area contributed by atoms with Gasteiger partial charge in [-0.15, -0.1) is 0 Å². The molecule has 18 heavy (non-hydrogen) atoms. The van der Waals surface area contributed by atoms with Crippen LogP contribution in [0.1, 0.15) is 18.1 Å². The lowest BCUT2D eigenvalue weighted by Crippen LogP contribution is -2.24. The van der Waals surface area contributed by atoms with Gasteiger partial charge < -0.3 is 10.6 Å². The van der Waals surface area contributed by atoms with E-state index in [0.717, 1.165) is 18.9 Å². The minimum absolute atomic E-state index is 0.567. The first-order chi connectivity index (χ1) is 8.85. The lowest BCUT2D eigenvalue weighted by molar-refractivity contribution is 0.800. The van der Waals surface area contributed by atoms with Crippen LogP contribution in [0.2, 0.25) is 0 Å². The Bertz CT molecular complexity index is 484. The maximum absolute atomic E-state index is 5.76. The maximum Gasteiger partial charge on any atom is 0.132 e. The summed E-state index contributed by atoms with van der Waals surface area (Å²) in [5.74, 6) is 0.944. The lowest BCUT2D eigenvalue weighted by Gasteiger charge is -2.22. The second-order valence-electron chi connectivity index (χ2n) is 4.05. The molecule has 0 unspecified atom stereocenters. The summed E-state index contributed by atoms with van der Waals surface area (Å²) in [6.45, 7) is 4.40. The van der Waals surface area contributed by atoms with Gasteiger partial charge in [0.15, 0.2) is 0 Å². The molecule has 0 aliphatic carbocycles. The Hall–Kier alpha value is -1.94. The highest BCUT2D eigenvalue weighted by molar-refractivity contribution is 5.39. The van der Waals surface area contributed by atoms with Gasteiger partial charge in [-0.05, 0) is 24.1 Å². The molecule has 2 N–H and O–H groups in total. The van der Waals surface area contributed by atoms with Crippen LogP contribution in [-0.2, 0) is 13.1 Å². The van der Waals surface area contributed by atoms with Crippen LogP contribution in [0.25, 0.3) is 0 Å².